The Balaban J connectivity index is 1.46. The summed E-state index contributed by atoms with van der Waals surface area (Å²) in [5, 5.41) is 14.9. The van der Waals surface area contributed by atoms with E-state index in [2.05, 4.69) is 27.8 Å². The summed E-state index contributed by atoms with van der Waals surface area (Å²) < 4.78 is 0. The zero-order valence-corrected chi connectivity index (χ0v) is 19.9. The number of likely N-dealkylation sites (N-methyl/N-ethyl adjacent to an activating group) is 1. The number of aromatic nitrogens is 1. The molecule has 0 fully saturated rings. The lowest BCUT2D eigenvalue weighted by atomic mass is 9.95. The van der Waals surface area contributed by atoms with Crippen LogP contribution < -0.4 is 10.6 Å². The van der Waals surface area contributed by atoms with Gasteiger partial charge >= 0.3 is 12.0 Å². The Kier molecular flexibility index (Phi) is 7.31. The number of nitrogens with zero attached hydrogens (tertiary/aromatic N) is 2. The summed E-state index contributed by atoms with van der Waals surface area (Å²) in [6.07, 6.45) is 3.12. The summed E-state index contributed by atoms with van der Waals surface area (Å²) in [6.45, 7) is -0.381. The number of carbonyl (C=O) groups is 3. The van der Waals surface area contributed by atoms with Crippen molar-refractivity contribution in [2.45, 2.75) is 25.4 Å². The van der Waals surface area contributed by atoms with E-state index < -0.39 is 18.4 Å². The van der Waals surface area contributed by atoms with E-state index in [1.807, 2.05) is 36.4 Å². The number of pyridine rings is 1. The third kappa shape index (κ3) is 5.60. The summed E-state index contributed by atoms with van der Waals surface area (Å²) in [4.78, 5) is 41.3. The number of urea groups is 1. The molecule has 35 heavy (non-hydrogen) atoms. The highest BCUT2D eigenvalue weighted by atomic mass is 35.5. The van der Waals surface area contributed by atoms with Crippen molar-refractivity contribution < 1.29 is 19.5 Å². The summed E-state index contributed by atoms with van der Waals surface area (Å²) >= 11 is 6.29. The van der Waals surface area contributed by atoms with Crippen LogP contribution in [0.3, 0.4) is 0 Å². The molecular weight excluding hydrogens is 468 g/mol. The Labute approximate surface area is 207 Å². The molecule has 1 aromatic heterocycles. The molecule has 3 amide bonds. The van der Waals surface area contributed by atoms with Gasteiger partial charge in [0.25, 0.3) is 5.91 Å². The van der Waals surface area contributed by atoms with E-state index >= 15 is 0 Å². The Morgan fingerprint density at radius 1 is 1.06 bits per heavy atom. The molecule has 3 N–H and O–H groups in total. The minimum atomic E-state index is -1.12. The van der Waals surface area contributed by atoms with Crippen molar-refractivity contribution in [2.75, 3.05) is 13.6 Å². The predicted octanol–water partition coefficient (Wildman–Crippen LogP) is 3.58. The van der Waals surface area contributed by atoms with E-state index in [0.717, 1.165) is 28.9 Å². The van der Waals surface area contributed by atoms with Crippen molar-refractivity contribution in [3.63, 3.8) is 0 Å². The topological polar surface area (TPSA) is 112 Å². The first-order chi connectivity index (χ1) is 16.8. The average molecular weight is 493 g/mol. The third-order valence-electron chi connectivity index (χ3n) is 5.97. The standard InChI is InChI=1S/C26H25ClN4O4/c1-31(15-23(32)33)25(34)18-12-21(27)22(28-13-18)14-29-26(35)30-24-19-8-4-2-6-16(19)10-11-17-7-3-5-9-20(17)24/h2-9,12-13,24H,10-11,14-15H2,1H3,(H,32,33)(H2,29,30,35). The van der Waals surface area contributed by atoms with Crippen molar-refractivity contribution >= 4 is 29.5 Å². The predicted molar refractivity (Wildman–Crippen MR) is 131 cm³/mol. The van der Waals surface area contributed by atoms with Crippen molar-refractivity contribution in [2.24, 2.45) is 0 Å². The monoisotopic (exact) mass is 492 g/mol. The van der Waals surface area contributed by atoms with Crippen LogP contribution in [0.5, 0.6) is 0 Å². The van der Waals surface area contributed by atoms with E-state index in [-0.39, 0.29) is 29.2 Å². The molecule has 3 aromatic rings. The fourth-order valence-electron chi connectivity index (χ4n) is 4.23. The average Bonchev–Trinajstić information content (AvgIpc) is 2.99. The number of amides is 3. The lowest BCUT2D eigenvalue weighted by molar-refractivity contribution is -0.137. The second-order valence-corrected chi connectivity index (χ2v) is 8.77. The van der Waals surface area contributed by atoms with Gasteiger partial charge in [-0.25, -0.2) is 4.79 Å². The van der Waals surface area contributed by atoms with Gasteiger partial charge in [-0.05, 0) is 41.2 Å². The largest absolute Gasteiger partial charge is 0.480 e. The molecule has 1 aliphatic rings. The number of benzene rings is 2. The van der Waals surface area contributed by atoms with Gasteiger partial charge in [0, 0.05) is 13.2 Å². The van der Waals surface area contributed by atoms with Gasteiger partial charge in [-0.15, -0.1) is 0 Å². The number of hydrogen-bond acceptors (Lipinski definition) is 4. The number of carboxylic acid groups (broad SMARTS) is 1. The van der Waals surface area contributed by atoms with Crippen LogP contribution in [0.4, 0.5) is 4.79 Å². The normalized spacial score (nSPS) is 12.6. The van der Waals surface area contributed by atoms with E-state index in [9.17, 15) is 14.4 Å². The molecule has 180 valence electrons. The molecule has 0 bridgehead atoms. The van der Waals surface area contributed by atoms with Gasteiger partial charge < -0.3 is 20.6 Å². The highest BCUT2D eigenvalue weighted by molar-refractivity contribution is 6.31. The molecule has 4 rings (SSSR count). The summed E-state index contributed by atoms with van der Waals surface area (Å²) in [6, 6.07) is 17.0. The van der Waals surface area contributed by atoms with Crippen LogP contribution in [0, 0.1) is 0 Å². The molecule has 0 unspecified atom stereocenters. The van der Waals surface area contributed by atoms with E-state index in [1.165, 1.54) is 30.4 Å². The zero-order chi connectivity index (χ0) is 24.9. The van der Waals surface area contributed by atoms with Gasteiger partial charge in [0.2, 0.25) is 0 Å². The Bertz CT molecular complexity index is 1230. The SMILES string of the molecule is CN(CC(=O)O)C(=O)c1cnc(CNC(=O)NC2c3ccccc3CCc3ccccc32)c(Cl)c1. The smallest absolute Gasteiger partial charge is 0.323 e. The second-order valence-electron chi connectivity index (χ2n) is 8.37. The number of halogens is 1. The first kappa shape index (κ1) is 24.2. The number of nitrogens with one attached hydrogen (secondary N) is 2. The molecule has 8 nitrogen and oxygen atoms in total. The fraction of sp³-hybridized carbons (Fsp3) is 0.231. The summed E-state index contributed by atoms with van der Waals surface area (Å²) in [7, 11) is 1.38. The Hall–Kier alpha value is -3.91. The number of carboxylic acids is 1. The maximum absolute atomic E-state index is 12.9. The number of fused-ring (bicyclic) bond motifs is 2. The van der Waals surface area contributed by atoms with Gasteiger partial charge in [-0.1, -0.05) is 60.1 Å². The van der Waals surface area contributed by atoms with Crippen molar-refractivity contribution in [3.8, 4) is 0 Å². The number of carbonyl (C=O) groups excluding carboxylic acids is 2. The Morgan fingerprint density at radius 2 is 1.66 bits per heavy atom. The van der Waals surface area contributed by atoms with Gasteiger partial charge in [-0.2, -0.15) is 0 Å². The van der Waals surface area contributed by atoms with Crippen LogP contribution in [-0.2, 0) is 24.2 Å². The second kappa shape index (κ2) is 10.6. The maximum atomic E-state index is 12.9. The van der Waals surface area contributed by atoms with Crippen molar-refractivity contribution in [1.29, 1.82) is 0 Å². The molecule has 0 spiro atoms. The highest BCUT2D eigenvalue weighted by Crippen LogP contribution is 2.32. The molecule has 9 heteroatoms. The summed E-state index contributed by atoms with van der Waals surface area (Å²) in [5.41, 5.74) is 5.09. The molecular formula is C26H25ClN4O4. The molecule has 0 atom stereocenters. The van der Waals surface area contributed by atoms with Crippen LogP contribution in [0.2, 0.25) is 5.02 Å². The molecule has 2 aromatic carbocycles. The van der Waals surface area contributed by atoms with Crippen LogP contribution in [0.25, 0.3) is 0 Å². The van der Waals surface area contributed by atoms with Crippen LogP contribution in [0.1, 0.15) is 44.3 Å². The molecule has 0 saturated carbocycles. The lowest BCUT2D eigenvalue weighted by Crippen LogP contribution is -2.38. The molecule has 0 aliphatic heterocycles. The first-order valence-electron chi connectivity index (χ1n) is 11.1. The number of aliphatic carboxylic acids is 1. The molecule has 1 heterocycles. The van der Waals surface area contributed by atoms with E-state index in [1.54, 1.807) is 0 Å². The minimum Gasteiger partial charge on any atom is -0.480 e. The minimum absolute atomic E-state index is 0.0557. The number of hydrogen-bond donors (Lipinski definition) is 3. The summed E-state index contributed by atoms with van der Waals surface area (Å²) in [5.74, 6) is -1.63. The van der Waals surface area contributed by atoms with Crippen LogP contribution in [-0.4, -0.2) is 46.5 Å². The van der Waals surface area contributed by atoms with Crippen LogP contribution in [0.15, 0.2) is 60.8 Å². The molecule has 0 radical (unpaired) electrons. The third-order valence-corrected chi connectivity index (χ3v) is 6.30. The Morgan fingerprint density at radius 3 is 2.23 bits per heavy atom. The molecule has 1 aliphatic carbocycles. The van der Waals surface area contributed by atoms with Crippen molar-refractivity contribution in [1.82, 2.24) is 20.5 Å². The first-order valence-corrected chi connectivity index (χ1v) is 11.5. The van der Waals surface area contributed by atoms with Gasteiger partial charge in [0.15, 0.2) is 0 Å². The van der Waals surface area contributed by atoms with Crippen molar-refractivity contribution in [3.05, 3.63) is 99.3 Å². The lowest BCUT2D eigenvalue weighted by Gasteiger charge is -2.22. The number of rotatable bonds is 6. The van der Waals surface area contributed by atoms with Gasteiger partial charge in [-0.3, -0.25) is 14.6 Å². The maximum Gasteiger partial charge on any atom is 0.323 e. The quantitative estimate of drug-likeness (QED) is 0.487. The molecule has 0 saturated heterocycles. The van der Waals surface area contributed by atoms with E-state index in [4.69, 9.17) is 16.7 Å². The number of aryl methyl sites for hydroxylation is 2. The van der Waals surface area contributed by atoms with Gasteiger partial charge in [0.1, 0.15) is 6.54 Å². The zero-order valence-electron chi connectivity index (χ0n) is 19.1. The fourth-order valence-corrected chi connectivity index (χ4v) is 4.47. The van der Waals surface area contributed by atoms with E-state index in [0.29, 0.717) is 5.69 Å². The van der Waals surface area contributed by atoms with Gasteiger partial charge in [0.05, 0.1) is 28.9 Å². The van der Waals surface area contributed by atoms with Crippen LogP contribution >= 0.6 is 11.6 Å². The highest BCUT2D eigenvalue weighted by Gasteiger charge is 2.25.